The van der Waals surface area contributed by atoms with Crippen LogP contribution in [0.3, 0.4) is 0 Å². The predicted molar refractivity (Wildman–Crippen MR) is 55.6 cm³/mol. The molecule has 0 amide bonds. The molecule has 0 aliphatic carbocycles. The van der Waals surface area contributed by atoms with Gasteiger partial charge in [0, 0.05) is 19.6 Å². The normalized spacial score (nSPS) is 24.7. The van der Waals surface area contributed by atoms with Gasteiger partial charge in [-0.25, -0.2) is 14.4 Å². The second-order valence-corrected chi connectivity index (χ2v) is 4.00. The van der Waals surface area contributed by atoms with Crippen LogP contribution in [0, 0.1) is 12.7 Å². The molecule has 0 aromatic carbocycles. The first-order valence-corrected chi connectivity index (χ1v) is 5.12. The summed E-state index contributed by atoms with van der Waals surface area (Å²) in [5.74, 6) is -0.363. The van der Waals surface area contributed by atoms with Gasteiger partial charge in [-0.05, 0) is 6.92 Å². The van der Waals surface area contributed by atoms with Gasteiger partial charge in [0.25, 0.3) is 0 Å². The molecule has 88 valence electrons. The number of halogens is 1. The monoisotopic (exact) mass is 227 g/mol. The van der Waals surface area contributed by atoms with Crippen molar-refractivity contribution in [3.05, 3.63) is 17.8 Å². The second kappa shape index (κ2) is 4.31. The summed E-state index contributed by atoms with van der Waals surface area (Å²) in [5, 5.41) is 12.7. The van der Waals surface area contributed by atoms with E-state index in [1.165, 1.54) is 6.33 Å². The number of aliphatic hydroxyl groups is 1. The highest BCUT2D eigenvalue weighted by molar-refractivity contribution is 5.37. The van der Waals surface area contributed by atoms with Crippen LogP contribution in [0.15, 0.2) is 6.33 Å². The molecule has 6 heteroatoms. The van der Waals surface area contributed by atoms with Crippen molar-refractivity contribution < 1.29 is 14.2 Å². The summed E-state index contributed by atoms with van der Waals surface area (Å²) in [6, 6.07) is 0. The van der Waals surface area contributed by atoms with Gasteiger partial charge in [-0.3, -0.25) is 0 Å². The lowest BCUT2D eigenvalue weighted by molar-refractivity contribution is 0.0381. The molecular formula is C10H14FN3O2. The minimum Gasteiger partial charge on any atom is -0.386 e. The van der Waals surface area contributed by atoms with E-state index in [0.717, 1.165) is 0 Å². The number of ether oxygens (including phenoxy) is 1. The maximum Gasteiger partial charge on any atom is 0.186 e. The maximum absolute atomic E-state index is 13.5. The molecule has 5 nitrogen and oxygen atoms in total. The van der Waals surface area contributed by atoms with E-state index >= 15 is 0 Å². The molecule has 1 aromatic heterocycles. The summed E-state index contributed by atoms with van der Waals surface area (Å²) in [7, 11) is 0. The average Bonchev–Trinajstić information content (AvgIpc) is 2.68. The Morgan fingerprint density at radius 1 is 1.62 bits per heavy atom. The van der Waals surface area contributed by atoms with Crippen LogP contribution < -0.4 is 5.32 Å². The number of nitrogens with zero attached hydrogens (tertiary/aromatic N) is 2. The minimum atomic E-state index is -0.925. The maximum atomic E-state index is 13.5. The molecule has 0 spiro atoms. The van der Waals surface area contributed by atoms with Crippen molar-refractivity contribution in [1.29, 1.82) is 0 Å². The van der Waals surface area contributed by atoms with Crippen LogP contribution in [0.25, 0.3) is 0 Å². The zero-order valence-electron chi connectivity index (χ0n) is 9.03. The van der Waals surface area contributed by atoms with Gasteiger partial charge in [-0.15, -0.1) is 0 Å². The third-order valence-corrected chi connectivity index (χ3v) is 2.63. The molecule has 1 saturated heterocycles. The molecule has 1 atom stereocenters. The van der Waals surface area contributed by atoms with Gasteiger partial charge in [0.2, 0.25) is 0 Å². The summed E-state index contributed by atoms with van der Waals surface area (Å²) in [6.45, 7) is 2.59. The van der Waals surface area contributed by atoms with Gasteiger partial charge in [0.1, 0.15) is 11.9 Å². The van der Waals surface area contributed by atoms with E-state index in [4.69, 9.17) is 4.74 Å². The van der Waals surface area contributed by atoms with Gasteiger partial charge >= 0.3 is 0 Å². The number of aryl methyl sites for hydroxylation is 1. The van der Waals surface area contributed by atoms with Crippen molar-refractivity contribution in [2.45, 2.75) is 18.9 Å². The van der Waals surface area contributed by atoms with E-state index in [0.29, 0.717) is 13.0 Å². The zero-order chi connectivity index (χ0) is 11.6. The summed E-state index contributed by atoms with van der Waals surface area (Å²) in [5.41, 5.74) is -0.641. The molecule has 1 aliphatic heterocycles. The molecule has 0 saturated carbocycles. The number of anilines is 1. The summed E-state index contributed by atoms with van der Waals surface area (Å²) in [4.78, 5) is 7.51. The third-order valence-electron chi connectivity index (χ3n) is 2.63. The highest BCUT2D eigenvalue weighted by atomic mass is 19.1. The lowest BCUT2D eigenvalue weighted by Crippen LogP contribution is -2.37. The van der Waals surface area contributed by atoms with Crippen molar-refractivity contribution >= 4 is 5.82 Å². The topological polar surface area (TPSA) is 67.3 Å². The number of nitrogens with one attached hydrogen (secondary N) is 1. The van der Waals surface area contributed by atoms with E-state index in [1.807, 2.05) is 0 Å². The fourth-order valence-electron chi connectivity index (χ4n) is 1.57. The van der Waals surface area contributed by atoms with E-state index in [2.05, 4.69) is 15.3 Å². The molecule has 2 rings (SSSR count). The van der Waals surface area contributed by atoms with Crippen molar-refractivity contribution in [2.24, 2.45) is 0 Å². The van der Waals surface area contributed by atoms with Gasteiger partial charge in [-0.2, -0.15) is 0 Å². The molecule has 1 aromatic rings. The van der Waals surface area contributed by atoms with Gasteiger partial charge in [-0.1, -0.05) is 0 Å². The molecular weight excluding hydrogens is 213 g/mol. The molecule has 1 fully saturated rings. The first-order chi connectivity index (χ1) is 7.61. The fourth-order valence-corrected chi connectivity index (χ4v) is 1.57. The zero-order valence-corrected chi connectivity index (χ0v) is 9.03. The summed E-state index contributed by atoms with van der Waals surface area (Å²) < 4.78 is 18.6. The lowest BCUT2D eigenvalue weighted by Gasteiger charge is -2.21. The Kier molecular flexibility index (Phi) is 3.02. The van der Waals surface area contributed by atoms with E-state index in [1.54, 1.807) is 6.92 Å². The van der Waals surface area contributed by atoms with Crippen LogP contribution in [0.5, 0.6) is 0 Å². The number of aromatic nitrogens is 2. The molecule has 1 aliphatic rings. The van der Waals surface area contributed by atoms with E-state index in [9.17, 15) is 9.50 Å². The van der Waals surface area contributed by atoms with Crippen molar-refractivity contribution in [3.63, 3.8) is 0 Å². The Bertz CT molecular complexity index is 380. The molecule has 1 unspecified atom stereocenters. The summed E-state index contributed by atoms with van der Waals surface area (Å²) >= 11 is 0. The minimum absolute atomic E-state index is 0.118. The average molecular weight is 227 g/mol. The first kappa shape index (κ1) is 11.2. The number of rotatable bonds is 3. The standard InChI is InChI=1S/C10H14FN3O2/c1-7-8(11)9(14-6-13-7)12-4-10(15)2-3-16-5-10/h6,15H,2-5H2,1H3,(H,12,13,14). The smallest absolute Gasteiger partial charge is 0.186 e. The van der Waals surface area contributed by atoms with Crippen molar-refractivity contribution in [3.8, 4) is 0 Å². The number of hydrogen-bond acceptors (Lipinski definition) is 5. The largest absolute Gasteiger partial charge is 0.386 e. The van der Waals surface area contributed by atoms with Gasteiger partial charge < -0.3 is 15.2 Å². The molecule has 0 bridgehead atoms. The van der Waals surface area contributed by atoms with Gasteiger partial charge in [0.15, 0.2) is 11.6 Å². The molecule has 2 N–H and O–H groups in total. The van der Waals surface area contributed by atoms with Crippen molar-refractivity contribution in [2.75, 3.05) is 25.1 Å². The Labute approximate surface area is 92.7 Å². The lowest BCUT2D eigenvalue weighted by atomic mass is 10.0. The number of hydrogen-bond donors (Lipinski definition) is 2. The Hall–Kier alpha value is -1.27. The van der Waals surface area contributed by atoms with Crippen LogP contribution in [0.1, 0.15) is 12.1 Å². The van der Waals surface area contributed by atoms with Crippen molar-refractivity contribution in [1.82, 2.24) is 9.97 Å². The van der Waals surface area contributed by atoms with Crippen LogP contribution >= 0.6 is 0 Å². The highest BCUT2D eigenvalue weighted by Gasteiger charge is 2.32. The van der Waals surface area contributed by atoms with Gasteiger partial charge in [0.05, 0.1) is 12.3 Å². The van der Waals surface area contributed by atoms with Crippen LogP contribution in [0.4, 0.5) is 10.2 Å². The first-order valence-electron chi connectivity index (χ1n) is 5.12. The predicted octanol–water partition coefficient (Wildman–Crippen LogP) is 0.487. The fraction of sp³-hybridized carbons (Fsp3) is 0.600. The Balaban J connectivity index is 2.02. The second-order valence-electron chi connectivity index (χ2n) is 4.00. The Morgan fingerprint density at radius 2 is 2.44 bits per heavy atom. The molecule has 0 radical (unpaired) electrons. The molecule has 16 heavy (non-hydrogen) atoms. The van der Waals surface area contributed by atoms with Crippen LogP contribution in [0.2, 0.25) is 0 Å². The highest BCUT2D eigenvalue weighted by Crippen LogP contribution is 2.20. The molecule has 2 heterocycles. The quantitative estimate of drug-likeness (QED) is 0.786. The SMILES string of the molecule is Cc1ncnc(NCC2(O)CCOC2)c1F. The van der Waals surface area contributed by atoms with E-state index < -0.39 is 11.4 Å². The Morgan fingerprint density at radius 3 is 3.12 bits per heavy atom. The summed E-state index contributed by atoms with van der Waals surface area (Å²) in [6.07, 6.45) is 1.83. The van der Waals surface area contributed by atoms with E-state index in [-0.39, 0.29) is 24.7 Å². The van der Waals surface area contributed by atoms with Crippen LogP contribution in [-0.2, 0) is 4.74 Å². The third kappa shape index (κ3) is 2.28. The van der Waals surface area contributed by atoms with Crippen LogP contribution in [-0.4, -0.2) is 40.4 Å².